The molecule has 2 N–H and O–H groups in total. The number of carbonyl (C=O) groups excluding carboxylic acids is 1. The zero-order valence-electron chi connectivity index (χ0n) is 18.6. The van der Waals surface area contributed by atoms with Crippen LogP contribution in [-0.2, 0) is 0 Å². The van der Waals surface area contributed by atoms with E-state index in [-0.39, 0.29) is 42.8 Å². The van der Waals surface area contributed by atoms with Gasteiger partial charge in [-0.05, 0) is 66.1 Å². The van der Waals surface area contributed by atoms with Gasteiger partial charge < -0.3 is 15.1 Å². The Hall–Kier alpha value is -2.09. The highest BCUT2D eigenvalue weighted by atomic mass is 35.5. The first-order chi connectivity index (χ1) is 13.8. The second-order valence-electron chi connectivity index (χ2n) is 8.35. The van der Waals surface area contributed by atoms with Crippen LogP contribution in [0.5, 0.6) is 0 Å². The van der Waals surface area contributed by atoms with Crippen molar-refractivity contribution in [1.29, 1.82) is 0 Å². The van der Waals surface area contributed by atoms with Crippen LogP contribution in [0, 0.1) is 13.8 Å². The first-order valence-electron chi connectivity index (χ1n) is 10.3. The maximum atomic E-state index is 13.3. The van der Waals surface area contributed by atoms with Crippen LogP contribution in [0.15, 0.2) is 22.7 Å². The van der Waals surface area contributed by atoms with Gasteiger partial charge in [0.05, 0.1) is 22.8 Å². The average Bonchev–Trinajstić information content (AvgIpc) is 3.23. The highest BCUT2D eigenvalue weighted by Crippen LogP contribution is 2.30. The Morgan fingerprint density at radius 1 is 1.29 bits per heavy atom. The maximum absolute atomic E-state index is 13.3. The fourth-order valence-electron chi connectivity index (χ4n) is 4.13. The van der Waals surface area contributed by atoms with Gasteiger partial charge in [0.2, 0.25) is 0 Å². The number of hydrogen-bond acceptors (Lipinski definition) is 5. The van der Waals surface area contributed by atoms with Crippen LogP contribution in [-0.4, -0.2) is 39.3 Å². The van der Waals surface area contributed by atoms with Gasteiger partial charge in [-0.25, -0.2) is 9.67 Å². The monoisotopic (exact) mass is 467 g/mol. The van der Waals surface area contributed by atoms with Crippen LogP contribution < -0.4 is 10.6 Å². The lowest BCUT2D eigenvalue weighted by atomic mass is 9.99. The molecule has 0 aromatic carbocycles. The highest BCUT2D eigenvalue weighted by molar-refractivity contribution is 6.06. The number of piperidine rings is 1. The number of nitrogens with one attached hydrogen (secondary N) is 2. The van der Waals surface area contributed by atoms with Gasteiger partial charge in [0.1, 0.15) is 11.5 Å². The van der Waals surface area contributed by atoms with Crippen molar-refractivity contribution in [2.75, 3.05) is 6.54 Å². The van der Waals surface area contributed by atoms with E-state index in [1.54, 1.807) is 6.20 Å². The quantitative estimate of drug-likeness (QED) is 0.585. The number of halogens is 2. The van der Waals surface area contributed by atoms with Crippen LogP contribution in [0.4, 0.5) is 0 Å². The minimum Gasteiger partial charge on any atom is -0.466 e. The summed E-state index contributed by atoms with van der Waals surface area (Å²) < 4.78 is 7.57. The van der Waals surface area contributed by atoms with Gasteiger partial charge >= 0.3 is 0 Å². The molecule has 170 valence electrons. The van der Waals surface area contributed by atoms with Gasteiger partial charge in [-0.1, -0.05) is 0 Å². The highest BCUT2D eigenvalue weighted by Gasteiger charge is 2.24. The summed E-state index contributed by atoms with van der Waals surface area (Å²) in [5, 5.41) is 11.9. The average molecular weight is 468 g/mol. The van der Waals surface area contributed by atoms with Gasteiger partial charge in [-0.2, -0.15) is 5.10 Å². The molecule has 9 heteroatoms. The summed E-state index contributed by atoms with van der Waals surface area (Å²) in [6, 6.07) is 4.55. The zero-order chi connectivity index (χ0) is 20.7. The van der Waals surface area contributed by atoms with Gasteiger partial charge in [0.25, 0.3) is 5.91 Å². The third kappa shape index (κ3) is 5.05. The number of furan rings is 1. The van der Waals surface area contributed by atoms with Gasteiger partial charge in [0, 0.05) is 23.7 Å². The Kier molecular flexibility index (Phi) is 8.14. The summed E-state index contributed by atoms with van der Waals surface area (Å²) in [5.41, 5.74) is 2.98. The van der Waals surface area contributed by atoms with Gasteiger partial charge in [-0.3, -0.25) is 4.79 Å². The van der Waals surface area contributed by atoms with Gasteiger partial charge in [-0.15, -0.1) is 24.8 Å². The SMILES string of the molecule is Cc1cc(-c2cc(C(=O)NC3CCNC(C)C3)c3cnn(C(C)C)c3n2)c(C)o1.Cl.Cl. The fraction of sp³-hybridized carbons (Fsp3) is 0.500. The first-order valence-corrected chi connectivity index (χ1v) is 10.3. The molecule has 0 aliphatic carbocycles. The molecule has 0 spiro atoms. The molecule has 1 amide bonds. The third-order valence-corrected chi connectivity index (χ3v) is 5.58. The number of pyridine rings is 1. The van der Waals surface area contributed by atoms with Gasteiger partial charge in [0.15, 0.2) is 5.65 Å². The van der Waals surface area contributed by atoms with Crippen LogP contribution >= 0.6 is 24.8 Å². The predicted molar refractivity (Wildman–Crippen MR) is 128 cm³/mol. The molecule has 1 fully saturated rings. The molecule has 1 aliphatic rings. The molecular formula is C22H31Cl2N5O2. The lowest BCUT2D eigenvalue weighted by Gasteiger charge is -2.28. The summed E-state index contributed by atoms with van der Waals surface area (Å²) >= 11 is 0. The molecule has 0 bridgehead atoms. The topological polar surface area (TPSA) is 85.0 Å². The molecule has 4 rings (SSSR count). The minimum atomic E-state index is -0.0704. The molecule has 4 heterocycles. The Bertz CT molecular complexity index is 1060. The van der Waals surface area contributed by atoms with Crippen LogP contribution in [0.1, 0.15) is 61.5 Å². The van der Waals surface area contributed by atoms with Crippen molar-refractivity contribution in [1.82, 2.24) is 25.4 Å². The Labute approximate surface area is 195 Å². The van der Waals surface area contributed by atoms with Crippen LogP contribution in [0.25, 0.3) is 22.3 Å². The van der Waals surface area contributed by atoms with Crippen molar-refractivity contribution in [3.05, 3.63) is 35.4 Å². The number of amides is 1. The summed E-state index contributed by atoms with van der Waals surface area (Å²) in [6.07, 6.45) is 3.61. The van der Waals surface area contributed by atoms with E-state index >= 15 is 0 Å². The molecule has 3 aromatic heterocycles. The smallest absolute Gasteiger partial charge is 0.252 e. The molecule has 0 saturated carbocycles. The second-order valence-corrected chi connectivity index (χ2v) is 8.35. The maximum Gasteiger partial charge on any atom is 0.252 e. The number of aromatic nitrogens is 3. The number of carbonyl (C=O) groups is 1. The normalized spacial score (nSPS) is 18.5. The number of rotatable bonds is 4. The van der Waals surface area contributed by atoms with E-state index in [9.17, 15) is 4.79 Å². The van der Waals surface area contributed by atoms with E-state index in [0.717, 1.165) is 53.2 Å². The molecule has 1 saturated heterocycles. The van der Waals surface area contributed by atoms with E-state index in [1.807, 2.05) is 30.7 Å². The minimum absolute atomic E-state index is 0. The molecule has 7 nitrogen and oxygen atoms in total. The second kappa shape index (κ2) is 10.0. The first kappa shape index (κ1) is 25.2. The molecule has 3 aromatic rings. The van der Waals surface area contributed by atoms with E-state index in [2.05, 4.69) is 36.5 Å². The number of fused-ring (bicyclic) bond motifs is 1. The number of aryl methyl sites for hydroxylation is 2. The molecule has 1 aliphatic heterocycles. The predicted octanol–water partition coefficient (Wildman–Crippen LogP) is 4.60. The number of hydrogen-bond donors (Lipinski definition) is 2. The molecule has 2 unspecified atom stereocenters. The largest absolute Gasteiger partial charge is 0.466 e. The van der Waals surface area contributed by atoms with Crippen molar-refractivity contribution >= 4 is 41.8 Å². The van der Waals surface area contributed by atoms with E-state index < -0.39 is 0 Å². The third-order valence-electron chi connectivity index (χ3n) is 5.58. The lowest BCUT2D eigenvalue weighted by Crippen LogP contribution is -2.46. The van der Waals surface area contributed by atoms with Crippen molar-refractivity contribution in [3.8, 4) is 11.3 Å². The summed E-state index contributed by atoms with van der Waals surface area (Å²) in [4.78, 5) is 18.1. The fourth-order valence-corrected chi connectivity index (χ4v) is 4.13. The summed E-state index contributed by atoms with van der Waals surface area (Å²) in [5.74, 6) is 1.55. The van der Waals surface area contributed by atoms with E-state index in [0.29, 0.717) is 11.6 Å². The van der Waals surface area contributed by atoms with Crippen LogP contribution in [0.2, 0.25) is 0 Å². The Morgan fingerprint density at radius 3 is 2.65 bits per heavy atom. The van der Waals surface area contributed by atoms with E-state index in [1.165, 1.54) is 0 Å². The molecule has 2 atom stereocenters. The summed E-state index contributed by atoms with van der Waals surface area (Å²) in [7, 11) is 0. The van der Waals surface area contributed by atoms with Crippen molar-refractivity contribution < 1.29 is 9.21 Å². The Balaban J connectivity index is 0.00000171. The zero-order valence-corrected chi connectivity index (χ0v) is 20.2. The van der Waals surface area contributed by atoms with Crippen LogP contribution in [0.3, 0.4) is 0 Å². The molecule has 31 heavy (non-hydrogen) atoms. The Morgan fingerprint density at radius 2 is 2.03 bits per heavy atom. The van der Waals surface area contributed by atoms with Crippen molar-refractivity contribution in [3.63, 3.8) is 0 Å². The van der Waals surface area contributed by atoms with E-state index in [4.69, 9.17) is 9.40 Å². The number of nitrogens with zero attached hydrogens (tertiary/aromatic N) is 3. The summed E-state index contributed by atoms with van der Waals surface area (Å²) in [6.45, 7) is 11.0. The van der Waals surface area contributed by atoms with Crippen molar-refractivity contribution in [2.24, 2.45) is 0 Å². The molecule has 0 radical (unpaired) electrons. The standard InChI is InChI=1S/C22H29N5O2.2ClH/c1-12(2)27-21-19(11-24-27)18(22(28)25-16-6-7-23-13(3)8-16)10-20(26-21)17-9-14(4)29-15(17)5;;/h9-13,16,23H,6-8H2,1-5H3,(H,25,28);2*1H. The lowest BCUT2D eigenvalue weighted by molar-refractivity contribution is 0.0927. The van der Waals surface area contributed by atoms with Crippen molar-refractivity contribution in [2.45, 2.75) is 65.6 Å². The molecular weight excluding hydrogens is 437 g/mol.